The molecule has 0 aromatic heterocycles. The summed E-state index contributed by atoms with van der Waals surface area (Å²) in [5.41, 5.74) is 3.26. The van der Waals surface area contributed by atoms with Crippen LogP contribution in [0.2, 0.25) is 0 Å². The molecule has 0 bridgehead atoms. The first kappa shape index (κ1) is 13.1. The summed E-state index contributed by atoms with van der Waals surface area (Å²) >= 11 is 3.43. The Balaban J connectivity index is 2.08. The largest absolute Gasteiger partial charge is 0.381 e. The molecule has 0 saturated carbocycles. The average molecular weight is 308 g/mol. The van der Waals surface area contributed by atoms with Gasteiger partial charge in [0, 0.05) is 16.7 Å². The summed E-state index contributed by atoms with van der Waals surface area (Å²) in [5, 5.41) is 3.31. The number of hydrogen-bond acceptors (Lipinski definition) is 1. The van der Waals surface area contributed by atoms with Crippen LogP contribution in [-0.4, -0.2) is 0 Å². The molecule has 0 radical (unpaired) electrons. The Bertz CT molecular complexity index is 540. The van der Waals surface area contributed by atoms with Crippen molar-refractivity contribution in [1.29, 1.82) is 0 Å². The van der Waals surface area contributed by atoms with Crippen LogP contribution in [0.1, 0.15) is 18.1 Å². The maximum atomic E-state index is 13.1. The molecule has 0 aliphatic rings. The summed E-state index contributed by atoms with van der Waals surface area (Å²) in [6, 6.07) is 13.0. The Hall–Kier alpha value is -1.35. The molecule has 18 heavy (non-hydrogen) atoms. The van der Waals surface area contributed by atoms with Crippen molar-refractivity contribution < 1.29 is 4.39 Å². The van der Waals surface area contributed by atoms with Crippen LogP contribution in [0.5, 0.6) is 0 Å². The summed E-state index contributed by atoms with van der Waals surface area (Å²) in [5.74, 6) is -0.211. The van der Waals surface area contributed by atoms with Crippen LogP contribution in [0.25, 0.3) is 0 Å². The molecule has 0 heterocycles. The summed E-state index contributed by atoms with van der Waals surface area (Å²) in [6.45, 7) is 2.73. The molecular formula is C15H15BrFN. The van der Waals surface area contributed by atoms with E-state index in [1.165, 1.54) is 11.6 Å². The van der Waals surface area contributed by atoms with Crippen LogP contribution in [0.3, 0.4) is 0 Å². The van der Waals surface area contributed by atoms with E-state index in [1.54, 1.807) is 12.1 Å². The van der Waals surface area contributed by atoms with Crippen molar-refractivity contribution in [3.05, 3.63) is 63.9 Å². The lowest BCUT2D eigenvalue weighted by Gasteiger charge is -2.09. The first-order valence-electron chi connectivity index (χ1n) is 5.96. The van der Waals surface area contributed by atoms with Crippen molar-refractivity contribution in [2.75, 3.05) is 5.32 Å². The number of anilines is 1. The molecule has 2 aromatic carbocycles. The minimum Gasteiger partial charge on any atom is -0.381 e. The van der Waals surface area contributed by atoms with E-state index in [9.17, 15) is 4.39 Å². The fourth-order valence-corrected chi connectivity index (χ4v) is 2.16. The first-order chi connectivity index (χ1) is 8.69. The zero-order chi connectivity index (χ0) is 13.0. The topological polar surface area (TPSA) is 12.0 Å². The molecule has 0 amide bonds. The monoisotopic (exact) mass is 307 g/mol. The number of hydrogen-bond donors (Lipinski definition) is 1. The van der Waals surface area contributed by atoms with Gasteiger partial charge < -0.3 is 5.32 Å². The third-order valence-corrected chi connectivity index (χ3v) is 3.60. The fourth-order valence-electron chi connectivity index (χ4n) is 1.78. The first-order valence-corrected chi connectivity index (χ1v) is 6.75. The number of benzene rings is 2. The van der Waals surface area contributed by atoms with Gasteiger partial charge >= 0.3 is 0 Å². The SMILES string of the molecule is CCc1cccc(NCc2cc(F)ccc2Br)c1. The van der Waals surface area contributed by atoms with E-state index in [-0.39, 0.29) is 5.82 Å². The van der Waals surface area contributed by atoms with Crippen LogP contribution >= 0.6 is 15.9 Å². The van der Waals surface area contributed by atoms with E-state index in [1.807, 2.05) is 12.1 Å². The van der Waals surface area contributed by atoms with E-state index < -0.39 is 0 Å². The Morgan fingerprint density at radius 2 is 2.00 bits per heavy atom. The summed E-state index contributed by atoms with van der Waals surface area (Å²) < 4.78 is 14.1. The standard InChI is InChI=1S/C15H15BrFN/c1-2-11-4-3-5-14(8-11)18-10-12-9-13(17)6-7-15(12)16/h3-9,18H,2,10H2,1H3. The summed E-state index contributed by atoms with van der Waals surface area (Å²) in [6.07, 6.45) is 1.01. The van der Waals surface area contributed by atoms with E-state index in [0.29, 0.717) is 6.54 Å². The lowest BCUT2D eigenvalue weighted by Crippen LogP contribution is -2.01. The van der Waals surface area contributed by atoms with Gasteiger partial charge in [0.05, 0.1) is 0 Å². The third-order valence-electron chi connectivity index (χ3n) is 2.83. The molecule has 0 fully saturated rings. The lowest BCUT2D eigenvalue weighted by molar-refractivity contribution is 0.625. The van der Waals surface area contributed by atoms with Gasteiger partial charge in [-0.25, -0.2) is 4.39 Å². The van der Waals surface area contributed by atoms with E-state index in [4.69, 9.17) is 0 Å². The highest BCUT2D eigenvalue weighted by Crippen LogP contribution is 2.19. The lowest BCUT2D eigenvalue weighted by atomic mass is 10.1. The van der Waals surface area contributed by atoms with Gasteiger partial charge in [0.25, 0.3) is 0 Å². The minimum absolute atomic E-state index is 0.211. The van der Waals surface area contributed by atoms with Crippen LogP contribution in [-0.2, 0) is 13.0 Å². The van der Waals surface area contributed by atoms with Crippen molar-refractivity contribution in [2.45, 2.75) is 19.9 Å². The van der Waals surface area contributed by atoms with E-state index in [2.05, 4.69) is 40.3 Å². The van der Waals surface area contributed by atoms with Crippen molar-refractivity contribution in [3.63, 3.8) is 0 Å². The zero-order valence-electron chi connectivity index (χ0n) is 10.2. The van der Waals surface area contributed by atoms with Crippen LogP contribution in [0, 0.1) is 5.82 Å². The highest BCUT2D eigenvalue weighted by molar-refractivity contribution is 9.10. The molecule has 0 aliphatic carbocycles. The number of halogens is 2. The second-order valence-electron chi connectivity index (χ2n) is 4.14. The van der Waals surface area contributed by atoms with Crippen LogP contribution < -0.4 is 5.32 Å². The molecule has 0 aliphatic heterocycles. The molecule has 2 rings (SSSR count). The summed E-state index contributed by atoms with van der Waals surface area (Å²) in [4.78, 5) is 0. The van der Waals surface area contributed by atoms with Gasteiger partial charge in [-0.05, 0) is 47.9 Å². The molecular weight excluding hydrogens is 293 g/mol. The number of nitrogens with one attached hydrogen (secondary N) is 1. The highest BCUT2D eigenvalue weighted by Gasteiger charge is 2.02. The molecule has 0 saturated heterocycles. The van der Waals surface area contributed by atoms with Crippen molar-refractivity contribution in [3.8, 4) is 0 Å². The Morgan fingerprint density at radius 3 is 2.78 bits per heavy atom. The molecule has 94 valence electrons. The van der Waals surface area contributed by atoms with E-state index >= 15 is 0 Å². The smallest absolute Gasteiger partial charge is 0.123 e. The Morgan fingerprint density at radius 1 is 1.17 bits per heavy atom. The van der Waals surface area contributed by atoms with Gasteiger partial charge in [-0.3, -0.25) is 0 Å². The maximum Gasteiger partial charge on any atom is 0.123 e. The molecule has 0 unspecified atom stereocenters. The van der Waals surface area contributed by atoms with Crippen molar-refractivity contribution >= 4 is 21.6 Å². The van der Waals surface area contributed by atoms with Crippen LogP contribution in [0.4, 0.5) is 10.1 Å². The second-order valence-corrected chi connectivity index (χ2v) is 5.00. The Labute approximate surface area is 115 Å². The highest BCUT2D eigenvalue weighted by atomic mass is 79.9. The zero-order valence-corrected chi connectivity index (χ0v) is 11.8. The van der Waals surface area contributed by atoms with Crippen LogP contribution in [0.15, 0.2) is 46.9 Å². The average Bonchev–Trinajstić information content (AvgIpc) is 2.40. The summed E-state index contributed by atoms with van der Waals surface area (Å²) in [7, 11) is 0. The quantitative estimate of drug-likeness (QED) is 0.858. The molecule has 3 heteroatoms. The predicted molar refractivity (Wildman–Crippen MR) is 77.2 cm³/mol. The van der Waals surface area contributed by atoms with Crippen molar-refractivity contribution in [1.82, 2.24) is 0 Å². The number of aryl methyl sites for hydroxylation is 1. The van der Waals surface area contributed by atoms with Gasteiger partial charge in [0.1, 0.15) is 5.82 Å². The van der Waals surface area contributed by atoms with Gasteiger partial charge in [-0.15, -0.1) is 0 Å². The number of rotatable bonds is 4. The second kappa shape index (κ2) is 6.01. The molecule has 0 spiro atoms. The molecule has 1 nitrogen and oxygen atoms in total. The minimum atomic E-state index is -0.211. The maximum absolute atomic E-state index is 13.1. The third kappa shape index (κ3) is 3.33. The normalized spacial score (nSPS) is 10.4. The molecule has 2 aromatic rings. The fraction of sp³-hybridized carbons (Fsp3) is 0.200. The molecule has 1 N–H and O–H groups in total. The molecule has 0 atom stereocenters. The Kier molecular flexibility index (Phi) is 4.37. The van der Waals surface area contributed by atoms with Gasteiger partial charge in [0.15, 0.2) is 0 Å². The van der Waals surface area contributed by atoms with Gasteiger partial charge in [0.2, 0.25) is 0 Å². The van der Waals surface area contributed by atoms with Gasteiger partial charge in [-0.1, -0.05) is 35.0 Å². The van der Waals surface area contributed by atoms with Crippen molar-refractivity contribution in [2.24, 2.45) is 0 Å². The van der Waals surface area contributed by atoms with Gasteiger partial charge in [-0.2, -0.15) is 0 Å². The predicted octanol–water partition coefficient (Wildman–Crippen LogP) is 4.76. The van der Waals surface area contributed by atoms with E-state index in [0.717, 1.165) is 22.1 Å².